The van der Waals surface area contributed by atoms with Gasteiger partial charge in [0.1, 0.15) is 5.69 Å². The van der Waals surface area contributed by atoms with Crippen LogP contribution in [0.5, 0.6) is 0 Å². The van der Waals surface area contributed by atoms with Crippen molar-refractivity contribution < 1.29 is 18.0 Å². The van der Waals surface area contributed by atoms with Gasteiger partial charge in [-0.05, 0) is 24.3 Å². The number of carbonyl (C=O) groups is 1. The molecular weight excluding hydrogens is 395 g/mol. The van der Waals surface area contributed by atoms with Crippen molar-refractivity contribution in [1.29, 1.82) is 0 Å². The van der Waals surface area contributed by atoms with Gasteiger partial charge in [0.05, 0.1) is 22.7 Å². The Kier molecular flexibility index (Phi) is 4.54. The van der Waals surface area contributed by atoms with Gasteiger partial charge in [-0.15, -0.1) is 10.2 Å². The van der Waals surface area contributed by atoms with Crippen molar-refractivity contribution in [2.24, 2.45) is 0 Å². The fourth-order valence-electron chi connectivity index (χ4n) is 3.10. The van der Waals surface area contributed by atoms with Crippen LogP contribution in [-0.2, 0) is 19.3 Å². The van der Waals surface area contributed by atoms with Gasteiger partial charge in [0.15, 0.2) is 11.6 Å². The third-order valence-electron chi connectivity index (χ3n) is 4.47. The van der Waals surface area contributed by atoms with Crippen molar-refractivity contribution in [1.82, 2.24) is 24.6 Å². The molecule has 6 nitrogen and oxygen atoms in total. The topological polar surface area (TPSA) is 63.9 Å². The van der Waals surface area contributed by atoms with Gasteiger partial charge >= 0.3 is 6.18 Å². The maximum atomic E-state index is 13.1. The lowest BCUT2D eigenvalue weighted by Crippen LogP contribution is -2.38. The van der Waals surface area contributed by atoms with Crippen LogP contribution in [0, 0.1) is 0 Å². The first kappa shape index (κ1) is 18.4. The highest BCUT2D eigenvalue weighted by Gasteiger charge is 2.36. The Morgan fingerprint density at radius 2 is 1.89 bits per heavy atom. The number of carbonyl (C=O) groups excluding carboxylic acids is 1. The molecule has 1 aliphatic rings. The first-order valence-corrected chi connectivity index (χ1v) is 8.72. The first-order valence-electron chi connectivity index (χ1n) is 8.34. The van der Waals surface area contributed by atoms with E-state index in [1.54, 1.807) is 18.3 Å². The maximum absolute atomic E-state index is 13.1. The third kappa shape index (κ3) is 3.22. The normalized spacial score (nSPS) is 14.1. The van der Waals surface area contributed by atoms with E-state index in [4.69, 9.17) is 11.6 Å². The van der Waals surface area contributed by atoms with Crippen molar-refractivity contribution >= 4 is 17.5 Å². The quantitative estimate of drug-likeness (QED) is 0.650. The van der Waals surface area contributed by atoms with Crippen LogP contribution in [0.4, 0.5) is 13.2 Å². The molecule has 1 amide bonds. The summed E-state index contributed by atoms with van der Waals surface area (Å²) < 4.78 is 41.0. The minimum absolute atomic E-state index is 0.116. The fourth-order valence-corrected chi connectivity index (χ4v) is 3.42. The van der Waals surface area contributed by atoms with Crippen LogP contribution >= 0.6 is 11.6 Å². The number of alkyl halides is 3. The standard InChI is InChI=1S/C18H13ClF3N5O/c19-15-11(4-3-5-12(15)18(20,21)22)17(28)26-8-9-27-14(10-26)24-25-16(27)13-6-1-2-7-23-13/h1-7H,8-10H2. The van der Waals surface area contributed by atoms with E-state index in [9.17, 15) is 18.0 Å². The van der Waals surface area contributed by atoms with Gasteiger partial charge < -0.3 is 9.47 Å². The number of aromatic nitrogens is 4. The van der Waals surface area contributed by atoms with Gasteiger partial charge in [-0.2, -0.15) is 13.2 Å². The van der Waals surface area contributed by atoms with Crippen molar-refractivity contribution in [3.8, 4) is 11.5 Å². The molecule has 4 rings (SSSR count). The number of rotatable bonds is 2. The molecule has 0 bridgehead atoms. The van der Waals surface area contributed by atoms with E-state index in [1.165, 1.54) is 17.0 Å². The SMILES string of the molecule is O=C(c1cccc(C(F)(F)F)c1Cl)N1CCn2c(nnc2-c2ccccn2)C1. The summed E-state index contributed by atoms with van der Waals surface area (Å²) in [4.78, 5) is 18.4. The highest BCUT2D eigenvalue weighted by Crippen LogP contribution is 2.36. The minimum atomic E-state index is -4.63. The fraction of sp³-hybridized carbons (Fsp3) is 0.222. The Hall–Kier alpha value is -2.94. The van der Waals surface area contributed by atoms with E-state index in [1.807, 2.05) is 10.6 Å². The number of amides is 1. The van der Waals surface area contributed by atoms with E-state index in [0.29, 0.717) is 23.9 Å². The molecule has 144 valence electrons. The molecule has 0 radical (unpaired) electrons. The van der Waals surface area contributed by atoms with E-state index >= 15 is 0 Å². The molecule has 2 aromatic heterocycles. The van der Waals surface area contributed by atoms with Gasteiger partial charge in [-0.3, -0.25) is 9.78 Å². The van der Waals surface area contributed by atoms with E-state index < -0.39 is 22.7 Å². The molecule has 0 spiro atoms. The molecule has 0 aliphatic carbocycles. The zero-order chi connectivity index (χ0) is 19.9. The van der Waals surface area contributed by atoms with Crippen molar-refractivity contribution in [3.63, 3.8) is 0 Å². The predicted octanol–water partition coefficient (Wildman–Crippen LogP) is 3.67. The molecule has 3 aromatic rings. The molecule has 28 heavy (non-hydrogen) atoms. The third-order valence-corrected chi connectivity index (χ3v) is 4.88. The second-order valence-corrected chi connectivity index (χ2v) is 6.58. The van der Waals surface area contributed by atoms with Crippen LogP contribution in [0.25, 0.3) is 11.5 Å². The van der Waals surface area contributed by atoms with Crippen LogP contribution < -0.4 is 0 Å². The lowest BCUT2D eigenvalue weighted by Gasteiger charge is -2.28. The van der Waals surface area contributed by atoms with Crippen molar-refractivity contribution in [2.45, 2.75) is 19.3 Å². The summed E-state index contributed by atoms with van der Waals surface area (Å²) in [6.07, 6.45) is -2.99. The Balaban J connectivity index is 1.61. The lowest BCUT2D eigenvalue weighted by molar-refractivity contribution is -0.137. The van der Waals surface area contributed by atoms with Crippen LogP contribution in [-0.4, -0.2) is 37.1 Å². The second-order valence-electron chi connectivity index (χ2n) is 6.20. The van der Waals surface area contributed by atoms with Gasteiger partial charge in [0.25, 0.3) is 5.91 Å². The number of halogens is 4. The summed E-state index contributed by atoms with van der Waals surface area (Å²) in [5, 5.41) is 7.64. The second kappa shape index (κ2) is 6.90. The molecule has 0 atom stereocenters. The number of benzene rings is 1. The maximum Gasteiger partial charge on any atom is 0.417 e. The highest BCUT2D eigenvalue weighted by molar-refractivity contribution is 6.34. The number of pyridine rings is 1. The molecule has 0 N–H and O–H groups in total. The van der Waals surface area contributed by atoms with E-state index in [0.717, 1.165) is 6.07 Å². The molecule has 10 heteroatoms. The molecular formula is C18H13ClF3N5O. The van der Waals surface area contributed by atoms with Crippen molar-refractivity contribution in [2.75, 3.05) is 6.54 Å². The molecule has 0 saturated carbocycles. The number of fused-ring (bicyclic) bond motifs is 1. The van der Waals surface area contributed by atoms with Gasteiger partial charge in [-0.25, -0.2) is 0 Å². The molecule has 0 unspecified atom stereocenters. The van der Waals surface area contributed by atoms with Crippen LogP contribution in [0.1, 0.15) is 21.7 Å². The van der Waals surface area contributed by atoms with E-state index in [2.05, 4.69) is 15.2 Å². The largest absolute Gasteiger partial charge is 0.417 e. The Bertz CT molecular complexity index is 1040. The molecule has 3 heterocycles. The number of hydrogen-bond donors (Lipinski definition) is 0. The van der Waals surface area contributed by atoms with Gasteiger partial charge in [0, 0.05) is 19.3 Å². The van der Waals surface area contributed by atoms with E-state index in [-0.39, 0.29) is 18.7 Å². The van der Waals surface area contributed by atoms with Crippen LogP contribution in [0.15, 0.2) is 42.6 Å². The molecule has 1 aliphatic heterocycles. The average Bonchev–Trinajstić information content (AvgIpc) is 3.10. The minimum Gasteiger partial charge on any atom is -0.329 e. The Labute approximate surface area is 162 Å². The smallest absolute Gasteiger partial charge is 0.329 e. The average molecular weight is 408 g/mol. The summed E-state index contributed by atoms with van der Waals surface area (Å²) in [6.45, 7) is 0.804. The zero-order valence-corrected chi connectivity index (χ0v) is 15.1. The van der Waals surface area contributed by atoms with Gasteiger partial charge in [-0.1, -0.05) is 23.7 Å². The summed E-state index contributed by atoms with van der Waals surface area (Å²) in [5.74, 6) is 0.535. The molecule has 0 saturated heterocycles. The molecule has 1 aromatic carbocycles. The zero-order valence-electron chi connectivity index (χ0n) is 14.3. The van der Waals surface area contributed by atoms with Crippen molar-refractivity contribution in [3.05, 3.63) is 64.6 Å². The Morgan fingerprint density at radius 1 is 1.07 bits per heavy atom. The molecule has 0 fully saturated rings. The van der Waals surface area contributed by atoms with Crippen LogP contribution in [0.2, 0.25) is 5.02 Å². The highest BCUT2D eigenvalue weighted by atomic mass is 35.5. The summed E-state index contributed by atoms with van der Waals surface area (Å²) >= 11 is 5.88. The first-order chi connectivity index (χ1) is 13.4. The summed E-state index contributed by atoms with van der Waals surface area (Å²) in [6, 6.07) is 8.74. The summed E-state index contributed by atoms with van der Waals surface area (Å²) in [7, 11) is 0. The number of hydrogen-bond acceptors (Lipinski definition) is 4. The van der Waals surface area contributed by atoms with Gasteiger partial charge in [0.2, 0.25) is 0 Å². The lowest BCUT2D eigenvalue weighted by atomic mass is 10.1. The monoisotopic (exact) mass is 407 g/mol. The number of nitrogens with zero attached hydrogens (tertiary/aromatic N) is 5. The summed E-state index contributed by atoms with van der Waals surface area (Å²) in [5.41, 5.74) is -0.561. The predicted molar refractivity (Wildman–Crippen MR) is 94.4 cm³/mol. The Morgan fingerprint density at radius 3 is 2.61 bits per heavy atom. The van der Waals surface area contributed by atoms with Crippen LogP contribution in [0.3, 0.4) is 0 Å².